The van der Waals surface area contributed by atoms with Crippen LogP contribution in [0.5, 0.6) is 0 Å². The van der Waals surface area contributed by atoms with Gasteiger partial charge < -0.3 is 15.0 Å². The van der Waals surface area contributed by atoms with Gasteiger partial charge in [-0.2, -0.15) is 0 Å². The van der Waals surface area contributed by atoms with Crippen molar-refractivity contribution < 1.29 is 4.74 Å². The molecule has 2 unspecified atom stereocenters. The number of hydrogen-bond acceptors (Lipinski definition) is 4. The van der Waals surface area contributed by atoms with Crippen LogP contribution in [0.2, 0.25) is 0 Å². The van der Waals surface area contributed by atoms with Gasteiger partial charge in [0.15, 0.2) is 0 Å². The molecule has 0 aliphatic carbocycles. The molecule has 1 aromatic heterocycles. The maximum Gasteiger partial charge on any atom is 0.129 e. The van der Waals surface area contributed by atoms with Crippen LogP contribution in [-0.2, 0) is 11.3 Å². The van der Waals surface area contributed by atoms with Gasteiger partial charge in [-0.3, -0.25) is 0 Å². The van der Waals surface area contributed by atoms with Crippen molar-refractivity contribution in [3.8, 4) is 0 Å². The second-order valence-corrected chi connectivity index (χ2v) is 5.80. The fourth-order valence-electron chi connectivity index (χ4n) is 2.60. The largest absolute Gasteiger partial charge is 0.375 e. The maximum atomic E-state index is 5.70. The van der Waals surface area contributed by atoms with Crippen molar-refractivity contribution in [2.45, 2.75) is 52.8 Å². The van der Waals surface area contributed by atoms with E-state index in [0.717, 1.165) is 44.2 Å². The van der Waals surface area contributed by atoms with Crippen molar-refractivity contribution >= 4 is 5.82 Å². The molecule has 1 saturated heterocycles. The number of hydrogen-bond donors (Lipinski definition) is 1. The quantitative estimate of drug-likeness (QED) is 0.839. The fraction of sp³-hybridized carbons (Fsp3) is 0.688. The summed E-state index contributed by atoms with van der Waals surface area (Å²) < 4.78 is 5.70. The molecule has 0 aromatic carbocycles. The minimum atomic E-state index is 0.273. The molecule has 20 heavy (non-hydrogen) atoms. The number of nitrogens with one attached hydrogen (secondary N) is 1. The Bertz CT molecular complexity index is 436. The van der Waals surface area contributed by atoms with Crippen molar-refractivity contribution in [1.82, 2.24) is 10.3 Å². The number of nitrogens with zero attached hydrogens (tertiary/aromatic N) is 2. The summed E-state index contributed by atoms with van der Waals surface area (Å²) in [4.78, 5) is 7.08. The fourth-order valence-corrected chi connectivity index (χ4v) is 2.60. The van der Waals surface area contributed by atoms with E-state index in [4.69, 9.17) is 9.72 Å². The highest BCUT2D eigenvalue weighted by atomic mass is 16.5. The van der Waals surface area contributed by atoms with Crippen molar-refractivity contribution in [3.05, 3.63) is 23.4 Å². The van der Waals surface area contributed by atoms with E-state index in [1.54, 1.807) is 0 Å². The third-order valence-electron chi connectivity index (χ3n) is 3.66. The molecule has 0 bridgehead atoms. The zero-order valence-electron chi connectivity index (χ0n) is 13.1. The summed E-state index contributed by atoms with van der Waals surface area (Å²) in [5.41, 5.74) is 2.40. The summed E-state index contributed by atoms with van der Waals surface area (Å²) in [5.74, 6) is 1.08. The lowest BCUT2D eigenvalue weighted by Crippen LogP contribution is -2.47. The van der Waals surface area contributed by atoms with Crippen LogP contribution in [0.3, 0.4) is 0 Å². The summed E-state index contributed by atoms with van der Waals surface area (Å²) >= 11 is 0. The highest BCUT2D eigenvalue weighted by molar-refractivity contribution is 5.44. The summed E-state index contributed by atoms with van der Waals surface area (Å²) in [6, 6.07) is 4.77. The second kappa shape index (κ2) is 7.04. The second-order valence-electron chi connectivity index (χ2n) is 5.80. The molecule has 1 aliphatic rings. The van der Waals surface area contributed by atoms with Crippen LogP contribution >= 0.6 is 0 Å². The van der Waals surface area contributed by atoms with Gasteiger partial charge in [-0.05, 0) is 51.4 Å². The zero-order valence-corrected chi connectivity index (χ0v) is 13.1. The molecule has 1 aromatic rings. The van der Waals surface area contributed by atoms with E-state index in [-0.39, 0.29) is 6.10 Å². The average molecular weight is 277 g/mol. The van der Waals surface area contributed by atoms with E-state index in [9.17, 15) is 0 Å². The summed E-state index contributed by atoms with van der Waals surface area (Å²) in [6.07, 6.45) is 1.43. The van der Waals surface area contributed by atoms with Gasteiger partial charge in [0.2, 0.25) is 0 Å². The van der Waals surface area contributed by atoms with Crippen molar-refractivity contribution in [1.29, 1.82) is 0 Å². The molecular weight excluding hydrogens is 250 g/mol. The molecule has 112 valence electrons. The molecule has 1 aliphatic heterocycles. The Labute approximate surface area is 122 Å². The number of aryl methyl sites for hydroxylation is 1. The summed E-state index contributed by atoms with van der Waals surface area (Å²) in [7, 11) is 0. The molecule has 0 spiro atoms. The first kappa shape index (κ1) is 15.3. The molecule has 1 fully saturated rings. The van der Waals surface area contributed by atoms with Gasteiger partial charge >= 0.3 is 0 Å². The first-order valence-corrected chi connectivity index (χ1v) is 7.66. The molecule has 4 heteroatoms. The van der Waals surface area contributed by atoms with Gasteiger partial charge in [-0.25, -0.2) is 4.98 Å². The molecule has 1 N–H and O–H groups in total. The van der Waals surface area contributed by atoms with Gasteiger partial charge in [0, 0.05) is 18.8 Å². The molecule has 2 atom stereocenters. The van der Waals surface area contributed by atoms with Crippen LogP contribution < -0.4 is 10.2 Å². The number of pyridine rings is 1. The Morgan fingerprint density at radius 3 is 2.95 bits per heavy atom. The first-order chi connectivity index (χ1) is 9.60. The van der Waals surface area contributed by atoms with Gasteiger partial charge in [0.25, 0.3) is 0 Å². The molecule has 0 radical (unpaired) electrons. The topological polar surface area (TPSA) is 37.4 Å². The van der Waals surface area contributed by atoms with Gasteiger partial charge in [0.05, 0.1) is 18.8 Å². The number of rotatable bonds is 5. The molecule has 4 nitrogen and oxygen atoms in total. The van der Waals surface area contributed by atoms with E-state index in [1.165, 1.54) is 5.56 Å². The number of morpholine rings is 1. The van der Waals surface area contributed by atoms with E-state index >= 15 is 0 Å². The van der Waals surface area contributed by atoms with Crippen LogP contribution in [-0.4, -0.2) is 36.8 Å². The normalized spacial score (nSPS) is 23.1. The van der Waals surface area contributed by atoms with Crippen LogP contribution in [0.1, 0.15) is 38.4 Å². The Hall–Kier alpha value is -1.13. The molecular formula is C16H27N3O. The predicted octanol–water partition coefficient (Wildman–Crippen LogP) is 2.50. The van der Waals surface area contributed by atoms with Crippen molar-refractivity contribution in [2.24, 2.45) is 0 Å². The van der Waals surface area contributed by atoms with Crippen molar-refractivity contribution in [2.75, 3.05) is 24.6 Å². The lowest BCUT2D eigenvalue weighted by molar-refractivity contribution is 0.0340. The lowest BCUT2D eigenvalue weighted by Gasteiger charge is -2.38. The van der Waals surface area contributed by atoms with Gasteiger partial charge in [-0.15, -0.1) is 0 Å². The summed E-state index contributed by atoms with van der Waals surface area (Å²) in [6.45, 7) is 12.2. The highest BCUT2D eigenvalue weighted by Gasteiger charge is 2.24. The van der Waals surface area contributed by atoms with Crippen molar-refractivity contribution in [3.63, 3.8) is 0 Å². The Morgan fingerprint density at radius 1 is 1.40 bits per heavy atom. The monoisotopic (exact) mass is 277 g/mol. The standard InChI is InChI=1S/C16H27N3O/c1-5-6-17-9-15-7-12(2)18-16(8-15)19-10-14(4)20-11-13(19)3/h7-8,13-14,17H,5-6,9-11H2,1-4H3. The lowest BCUT2D eigenvalue weighted by atomic mass is 10.1. The summed E-state index contributed by atoms with van der Waals surface area (Å²) in [5, 5.41) is 3.46. The molecule has 2 heterocycles. The van der Waals surface area contributed by atoms with Gasteiger partial charge in [-0.1, -0.05) is 6.92 Å². The first-order valence-electron chi connectivity index (χ1n) is 7.66. The zero-order chi connectivity index (χ0) is 14.5. The highest BCUT2D eigenvalue weighted by Crippen LogP contribution is 2.21. The van der Waals surface area contributed by atoms with E-state index in [0.29, 0.717) is 6.04 Å². The number of aromatic nitrogens is 1. The third kappa shape index (κ3) is 3.93. The molecule has 0 amide bonds. The Morgan fingerprint density at radius 2 is 2.20 bits per heavy atom. The SMILES string of the molecule is CCCNCc1cc(C)nc(N2CC(C)OCC2C)c1. The smallest absolute Gasteiger partial charge is 0.129 e. The van der Waals surface area contributed by atoms with Gasteiger partial charge in [0.1, 0.15) is 5.82 Å². The number of ether oxygens (including phenoxy) is 1. The Kier molecular flexibility index (Phi) is 5.38. The molecule has 0 saturated carbocycles. The molecule has 2 rings (SSSR count). The van der Waals surface area contributed by atoms with Crippen LogP contribution in [0.25, 0.3) is 0 Å². The number of anilines is 1. The maximum absolute atomic E-state index is 5.70. The minimum Gasteiger partial charge on any atom is -0.375 e. The third-order valence-corrected chi connectivity index (χ3v) is 3.66. The average Bonchev–Trinajstić information content (AvgIpc) is 2.41. The van der Waals surface area contributed by atoms with E-state index < -0.39 is 0 Å². The van der Waals surface area contributed by atoms with Crippen LogP contribution in [0, 0.1) is 6.92 Å². The predicted molar refractivity (Wildman–Crippen MR) is 83.2 cm³/mol. The minimum absolute atomic E-state index is 0.273. The van der Waals surface area contributed by atoms with Crippen LogP contribution in [0.4, 0.5) is 5.82 Å². The van der Waals surface area contributed by atoms with Crippen LogP contribution in [0.15, 0.2) is 12.1 Å². The van der Waals surface area contributed by atoms with E-state index in [2.05, 4.69) is 50.0 Å². The Balaban J connectivity index is 2.13. The van der Waals surface area contributed by atoms with E-state index in [1.807, 2.05) is 0 Å².